The molecule has 16 heavy (non-hydrogen) atoms. The SMILES string of the molecule is Cc1cccc(CC(N)c2ncccn2)c1. The molecule has 1 atom stereocenters. The number of nitrogens with two attached hydrogens (primary N) is 1. The quantitative estimate of drug-likeness (QED) is 0.848. The van der Waals surface area contributed by atoms with Gasteiger partial charge in [0.25, 0.3) is 0 Å². The Bertz CT molecular complexity index is 454. The molecule has 0 aliphatic rings. The van der Waals surface area contributed by atoms with Crippen LogP contribution in [0.3, 0.4) is 0 Å². The number of benzene rings is 1. The van der Waals surface area contributed by atoms with Gasteiger partial charge in [-0.25, -0.2) is 9.97 Å². The lowest BCUT2D eigenvalue weighted by atomic mass is 10.0. The second-order valence-electron chi connectivity index (χ2n) is 3.91. The Morgan fingerprint density at radius 2 is 1.94 bits per heavy atom. The zero-order chi connectivity index (χ0) is 11.4. The summed E-state index contributed by atoms with van der Waals surface area (Å²) in [5.74, 6) is 0.698. The fraction of sp³-hybridized carbons (Fsp3) is 0.231. The average Bonchev–Trinajstić information content (AvgIpc) is 2.30. The van der Waals surface area contributed by atoms with E-state index in [0.29, 0.717) is 5.82 Å². The van der Waals surface area contributed by atoms with Gasteiger partial charge in [0.15, 0.2) is 0 Å². The van der Waals surface area contributed by atoms with Crippen LogP contribution >= 0.6 is 0 Å². The smallest absolute Gasteiger partial charge is 0.145 e. The van der Waals surface area contributed by atoms with Crippen LogP contribution in [0.1, 0.15) is 23.0 Å². The molecule has 82 valence electrons. The maximum atomic E-state index is 6.05. The van der Waals surface area contributed by atoms with Crippen LogP contribution in [0.25, 0.3) is 0 Å². The summed E-state index contributed by atoms with van der Waals surface area (Å²) in [6, 6.07) is 10.0. The maximum Gasteiger partial charge on any atom is 0.145 e. The summed E-state index contributed by atoms with van der Waals surface area (Å²) in [6.07, 6.45) is 4.21. The van der Waals surface area contributed by atoms with E-state index in [-0.39, 0.29) is 6.04 Å². The van der Waals surface area contributed by atoms with E-state index in [1.807, 2.05) is 6.07 Å². The molecule has 2 rings (SSSR count). The van der Waals surface area contributed by atoms with E-state index in [9.17, 15) is 0 Å². The van der Waals surface area contributed by atoms with Crippen LogP contribution in [0, 0.1) is 6.92 Å². The van der Waals surface area contributed by atoms with Crippen molar-refractivity contribution in [1.82, 2.24) is 9.97 Å². The molecule has 0 amide bonds. The van der Waals surface area contributed by atoms with E-state index in [0.717, 1.165) is 6.42 Å². The Hall–Kier alpha value is -1.74. The fourth-order valence-electron chi connectivity index (χ4n) is 1.69. The Morgan fingerprint density at radius 1 is 1.19 bits per heavy atom. The third kappa shape index (κ3) is 2.64. The third-order valence-electron chi connectivity index (χ3n) is 2.46. The average molecular weight is 213 g/mol. The molecule has 3 nitrogen and oxygen atoms in total. The van der Waals surface area contributed by atoms with Crippen molar-refractivity contribution in [3.63, 3.8) is 0 Å². The predicted molar refractivity (Wildman–Crippen MR) is 63.8 cm³/mol. The lowest BCUT2D eigenvalue weighted by Crippen LogP contribution is -2.16. The molecule has 0 fully saturated rings. The van der Waals surface area contributed by atoms with E-state index in [1.165, 1.54) is 11.1 Å². The molecule has 0 spiro atoms. The number of hydrogen-bond acceptors (Lipinski definition) is 3. The fourth-order valence-corrected chi connectivity index (χ4v) is 1.69. The molecular weight excluding hydrogens is 198 g/mol. The van der Waals surface area contributed by atoms with Gasteiger partial charge in [0, 0.05) is 12.4 Å². The summed E-state index contributed by atoms with van der Waals surface area (Å²) < 4.78 is 0. The number of aromatic nitrogens is 2. The van der Waals surface area contributed by atoms with Crippen LogP contribution < -0.4 is 5.73 Å². The Morgan fingerprint density at radius 3 is 2.62 bits per heavy atom. The van der Waals surface area contributed by atoms with Crippen molar-refractivity contribution in [3.8, 4) is 0 Å². The zero-order valence-electron chi connectivity index (χ0n) is 9.30. The highest BCUT2D eigenvalue weighted by molar-refractivity contribution is 5.23. The van der Waals surface area contributed by atoms with Crippen LogP contribution in [0.4, 0.5) is 0 Å². The van der Waals surface area contributed by atoms with Gasteiger partial charge in [-0.15, -0.1) is 0 Å². The summed E-state index contributed by atoms with van der Waals surface area (Å²) in [4.78, 5) is 8.32. The van der Waals surface area contributed by atoms with Gasteiger partial charge in [0.2, 0.25) is 0 Å². The monoisotopic (exact) mass is 213 g/mol. The van der Waals surface area contributed by atoms with Gasteiger partial charge in [0.05, 0.1) is 6.04 Å². The minimum Gasteiger partial charge on any atom is -0.321 e. The van der Waals surface area contributed by atoms with Gasteiger partial charge in [-0.2, -0.15) is 0 Å². The largest absolute Gasteiger partial charge is 0.321 e. The molecule has 1 heterocycles. The van der Waals surface area contributed by atoms with Gasteiger partial charge in [0.1, 0.15) is 5.82 Å². The van der Waals surface area contributed by atoms with Crippen molar-refractivity contribution in [1.29, 1.82) is 0 Å². The van der Waals surface area contributed by atoms with Gasteiger partial charge in [-0.1, -0.05) is 29.8 Å². The van der Waals surface area contributed by atoms with Crippen LogP contribution in [0.2, 0.25) is 0 Å². The van der Waals surface area contributed by atoms with Crippen LogP contribution in [-0.2, 0) is 6.42 Å². The molecular formula is C13H15N3. The molecule has 2 N–H and O–H groups in total. The second kappa shape index (κ2) is 4.86. The summed E-state index contributed by atoms with van der Waals surface area (Å²) in [5, 5.41) is 0. The highest BCUT2D eigenvalue weighted by atomic mass is 14.9. The number of hydrogen-bond donors (Lipinski definition) is 1. The minimum absolute atomic E-state index is 0.136. The molecule has 0 aliphatic heterocycles. The molecule has 0 aliphatic carbocycles. The highest BCUT2D eigenvalue weighted by Gasteiger charge is 2.09. The molecule has 1 aromatic heterocycles. The molecule has 2 aromatic rings. The first-order valence-electron chi connectivity index (χ1n) is 5.34. The molecule has 0 radical (unpaired) electrons. The second-order valence-corrected chi connectivity index (χ2v) is 3.91. The maximum absolute atomic E-state index is 6.05. The first-order valence-corrected chi connectivity index (χ1v) is 5.34. The van der Waals surface area contributed by atoms with Crippen molar-refractivity contribution < 1.29 is 0 Å². The van der Waals surface area contributed by atoms with E-state index < -0.39 is 0 Å². The molecule has 3 heteroatoms. The number of aryl methyl sites for hydroxylation is 1. The molecule has 0 saturated heterocycles. The third-order valence-corrected chi connectivity index (χ3v) is 2.46. The lowest BCUT2D eigenvalue weighted by molar-refractivity contribution is 0.666. The van der Waals surface area contributed by atoms with Crippen LogP contribution in [-0.4, -0.2) is 9.97 Å². The lowest BCUT2D eigenvalue weighted by Gasteiger charge is -2.10. The Labute approximate surface area is 95.4 Å². The predicted octanol–water partition coefficient (Wildman–Crippen LogP) is 2.03. The first-order chi connectivity index (χ1) is 7.75. The molecule has 1 unspecified atom stereocenters. The van der Waals surface area contributed by atoms with Crippen LogP contribution in [0.15, 0.2) is 42.7 Å². The van der Waals surface area contributed by atoms with Gasteiger partial charge >= 0.3 is 0 Å². The van der Waals surface area contributed by atoms with Gasteiger partial charge < -0.3 is 5.73 Å². The summed E-state index contributed by atoms with van der Waals surface area (Å²) in [6.45, 7) is 2.08. The summed E-state index contributed by atoms with van der Waals surface area (Å²) in [5.41, 5.74) is 8.52. The Kier molecular flexibility index (Phi) is 3.27. The van der Waals surface area contributed by atoms with Gasteiger partial charge in [-0.05, 0) is 25.0 Å². The van der Waals surface area contributed by atoms with E-state index in [1.54, 1.807) is 18.5 Å². The standard InChI is InChI=1S/C13H15N3/c1-10-4-2-5-11(8-10)9-12(14)13-15-6-3-7-16-13/h2-8,12H,9,14H2,1H3. The summed E-state index contributed by atoms with van der Waals surface area (Å²) in [7, 11) is 0. The van der Waals surface area contributed by atoms with E-state index in [4.69, 9.17) is 5.73 Å². The van der Waals surface area contributed by atoms with Crippen molar-refractivity contribution in [3.05, 3.63) is 59.7 Å². The zero-order valence-corrected chi connectivity index (χ0v) is 9.30. The number of rotatable bonds is 3. The topological polar surface area (TPSA) is 51.8 Å². The minimum atomic E-state index is -0.136. The highest BCUT2D eigenvalue weighted by Crippen LogP contribution is 2.13. The normalized spacial score (nSPS) is 12.4. The molecule has 1 aromatic carbocycles. The van der Waals surface area contributed by atoms with Crippen LogP contribution in [0.5, 0.6) is 0 Å². The molecule has 0 bridgehead atoms. The van der Waals surface area contributed by atoms with Crippen molar-refractivity contribution in [2.45, 2.75) is 19.4 Å². The number of nitrogens with zero attached hydrogens (tertiary/aromatic N) is 2. The Balaban J connectivity index is 2.11. The van der Waals surface area contributed by atoms with E-state index >= 15 is 0 Å². The molecule has 0 saturated carbocycles. The van der Waals surface area contributed by atoms with E-state index in [2.05, 4.69) is 35.1 Å². The van der Waals surface area contributed by atoms with Crippen molar-refractivity contribution >= 4 is 0 Å². The van der Waals surface area contributed by atoms with Crippen molar-refractivity contribution in [2.75, 3.05) is 0 Å². The van der Waals surface area contributed by atoms with Crippen molar-refractivity contribution in [2.24, 2.45) is 5.73 Å². The first kappa shape index (κ1) is 10.8. The summed E-state index contributed by atoms with van der Waals surface area (Å²) >= 11 is 0. The van der Waals surface area contributed by atoms with Gasteiger partial charge in [-0.3, -0.25) is 0 Å².